The predicted octanol–water partition coefficient (Wildman–Crippen LogP) is 2.39. The van der Waals surface area contributed by atoms with E-state index in [1.54, 1.807) is 17.0 Å². The molecule has 6 nitrogen and oxygen atoms in total. The van der Waals surface area contributed by atoms with Gasteiger partial charge in [0.15, 0.2) is 0 Å². The van der Waals surface area contributed by atoms with Gasteiger partial charge in [-0.25, -0.2) is 4.79 Å². The smallest absolute Gasteiger partial charge is 0.328 e. The van der Waals surface area contributed by atoms with E-state index in [2.05, 4.69) is 0 Å². The van der Waals surface area contributed by atoms with Crippen molar-refractivity contribution >= 4 is 28.9 Å². The van der Waals surface area contributed by atoms with Gasteiger partial charge in [0.25, 0.3) is 5.69 Å². The Morgan fingerprint density at radius 3 is 2.95 bits per heavy atom. The first kappa shape index (κ1) is 13.6. The maximum Gasteiger partial charge on any atom is 0.328 e. The van der Waals surface area contributed by atoms with Crippen molar-refractivity contribution in [2.45, 2.75) is 18.9 Å². The molecule has 1 aromatic carbocycles. The van der Waals surface area contributed by atoms with Crippen molar-refractivity contribution in [3.63, 3.8) is 0 Å². The summed E-state index contributed by atoms with van der Waals surface area (Å²) in [6, 6.07) is 3.98. The van der Waals surface area contributed by atoms with E-state index >= 15 is 0 Å². The Kier molecular flexibility index (Phi) is 3.90. The number of hydrogen-bond acceptors (Lipinski definition) is 5. The van der Waals surface area contributed by atoms with E-state index in [0.717, 1.165) is 6.42 Å². The van der Waals surface area contributed by atoms with E-state index in [-0.39, 0.29) is 11.7 Å². The predicted molar refractivity (Wildman–Crippen MR) is 70.5 cm³/mol. The van der Waals surface area contributed by atoms with Gasteiger partial charge in [0.05, 0.1) is 12.0 Å². The fourth-order valence-electron chi connectivity index (χ4n) is 2.32. The van der Waals surface area contributed by atoms with Gasteiger partial charge in [-0.15, -0.1) is 0 Å². The van der Waals surface area contributed by atoms with E-state index in [4.69, 9.17) is 16.3 Å². The lowest BCUT2D eigenvalue weighted by Gasteiger charge is -2.24. The highest BCUT2D eigenvalue weighted by Gasteiger charge is 2.35. The molecule has 0 N–H and O–H groups in total. The fourth-order valence-corrected chi connectivity index (χ4v) is 2.49. The zero-order chi connectivity index (χ0) is 14.0. The largest absolute Gasteiger partial charge is 0.467 e. The van der Waals surface area contributed by atoms with Crippen LogP contribution < -0.4 is 4.90 Å². The van der Waals surface area contributed by atoms with Gasteiger partial charge in [0, 0.05) is 17.6 Å². The molecule has 19 heavy (non-hydrogen) atoms. The molecule has 1 heterocycles. The molecule has 0 radical (unpaired) electrons. The van der Waals surface area contributed by atoms with Crippen LogP contribution >= 0.6 is 11.6 Å². The monoisotopic (exact) mass is 284 g/mol. The van der Waals surface area contributed by atoms with Crippen LogP contribution in [0.15, 0.2) is 18.2 Å². The second kappa shape index (κ2) is 5.44. The summed E-state index contributed by atoms with van der Waals surface area (Å²) >= 11 is 5.78. The van der Waals surface area contributed by atoms with Crippen molar-refractivity contribution in [2.75, 3.05) is 18.6 Å². The summed E-state index contributed by atoms with van der Waals surface area (Å²) in [6.45, 7) is 0.586. The highest BCUT2D eigenvalue weighted by atomic mass is 35.5. The van der Waals surface area contributed by atoms with Crippen LogP contribution in [0.25, 0.3) is 0 Å². The molecule has 0 bridgehead atoms. The van der Waals surface area contributed by atoms with Gasteiger partial charge in [-0.05, 0) is 25.0 Å². The Bertz CT molecular complexity index is 520. The first-order valence-corrected chi connectivity index (χ1v) is 6.21. The first-order chi connectivity index (χ1) is 9.04. The molecule has 1 aliphatic heterocycles. The number of nitro groups is 1. The molecule has 1 fully saturated rings. The van der Waals surface area contributed by atoms with Crippen LogP contribution in [-0.4, -0.2) is 30.6 Å². The van der Waals surface area contributed by atoms with Crippen LogP contribution in [0.5, 0.6) is 0 Å². The van der Waals surface area contributed by atoms with Gasteiger partial charge in [-0.2, -0.15) is 0 Å². The zero-order valence-electron chi connectivity index (χ0n) is 10.3. The molecule has 0 spiro atoms. The molecular weight excluding hydrogens is 272 g/mol. The standard InChI is InChI=1S/C12H13ClN2O4/c1-19-12(16)10-3-2-6-14(10)9-5-4-8(13)7-11(9)15(17)18/h4-5,7,10H,2-3,6H2,1H3. The average Bonchev–Trinajstić information content (AvgIpc) is 2.86. The van der Waals surface area contributed by atoms with E-state index < -0.39 is 11.0 Å². The molecule has 1 aliphatic rings. The number of halogens is 1. The van der Waals surface area contributed by atoms with Crippen molar-refractivity contribution in [3.05, 3.63) is 33.3 Å². The number of anilines is 1. The van der Waals surface area contributed by atoms with Crippen molar-refractivity contribution in [1.29, 1.82) is 0 Å². The number of carbonyl (C=O) groups excluding carboxylic acids is 1. The number of nitro benzene ring substituents is 1. The lowest BCUT2D eigenvalue weighted by atomic mass is 10.2. The van der Waals surface area contributed by atoms with Crippen molar-refractivity contribution in [1.82, 2.24) is 0 Å². The van der Waals surface area contributed by atoms with Crippen LogP contribution in [-0.2, 0) is 9.53 Å². The third-order valence-electron chi connectivity index (χ3n) is 3.17. The van der Waals surface area contributed by atoms with Crippen molar-refractivity contribution < 1.29 is 14.5 Å². The van der Waals surface area contributed by atoms with E-state index in [9.17, 15) is 14.9 Å². The van der Waals surface area contributed by atoms with Crippen LogP contribution in [0.1, 0.15) is 12.8 Å². The maximum atomic E-state index is 11.7. The van der Waals surface area contributed by atoms with Crippen LogP contribution in [0, 0.1) is 10.1 Å². The fraction of sp³-hybridized carbons (Fsp3) is 0.417. The van der Waals surface area contributed by atoms with Crippen LogP contribution in [0.2, 0.25) is 5.02 Å². The van der Waals surface area contributed by atoms with Gasteiger partial charge in [-0.3, -0.25) is 10.1 Å². The van der Waals surface area contributed by atoms with Gasteiger partial charge in [0.1, 0.15) is 11.7 Å². The molecule has 1 saturated heterocycles. The minimum absolute atomic E-state index is 0.0942. The molecule has 2 rings (SSSR count). The van der Waals surface area contributed by atoms with Gasteiger partial charge in [-0.1, -0.05) is 11.6 Å². The summed E-state index contributed by atoms with van der Waals surface area (Å²) in [6.07, 6.45) is 1.42. The second-order valence-electron chi connectivity index (χ2n) is 4.26. The SMILES string of the molecule is COC(=O)C1CCCN1c1ccc(Cl)cc1[N+](=O)[O-]. The second-order valence-corrected chi connectivity index (χ2v) is 4.70. The minimum Gasteiger partial charge on any atom is -0.467 e. The number of ether oxygens (including phenoxy) is 1. The maximum absolute atomic E-state index is 11.7. The average molecular weight is 285 g/mol. The molecule has 102 valence electrons. The third-order valence-corrected chi connectivity index (χ3v) is 3.40. The number of carbonyl (C=O) groups is 1. The topological polar surface area (TPSA) is 72.7 Å². The summed E-state index contributed by atoms with van der Waals surface area (Å²) in [4.78, 5) is 24.0. The molecule has 0 amide bonds. The summed E-state index contributed by atoms with van der Waals surface area (Å²) in [5.74, 6) is -0.373. The zero-order valence-corrected chi connectivity index (χ0v) is 11.1. The van der Waals surface area contributed by atoms with E-state index in [1.165, 1.54) is 13.2 Å². The molecule has 1 atom stereocenters. The number of hydrogen-bond donors (Lipinski definition) is 0. The highest BCUT2D eigenvalue weighted by molar-refractivity contribution is 6.30. The molecule has 1 aromatic rings. The molecular formula is C12H13ClN2O4. The van der Waals surface area contributed by atoms with Crippen molar-refractivity contribution in [3.8, 4) is 0 Å². The minimum atomic E-state index is -0.492. The number of benzene rings is 1. The number of esters is 1. The molecule has 7 heteroatoms. The van der Waals surface area contributed by atoms with Crippen molar-refractivity contribution in [2.24, 2.45) is 0 Å². The van der Waals surface area contributed by atoms with E-state index in [1.807, 2.05) is 0 Å². The lowest BCUT2D eigenvalue weighted by molar-refractivity contribution is -0.384. The van der Waals surface area contributed by atoms with Crippen LogP contribution in [0.3, 0.4) is 0 Å². The summed E-state index contributed by atoms with van der Waals surface area (Å²) in [5, 5.41) is 11.4. The van der Waals surface area contributed by atoms with Gasteiger partial charge >= 0.3 is 5.97 Å². The Morgan fingerprint density at radius 1 is 1.58 bits per heavy atom. The first-order valence-electron chi connectivity index (χ1n) is 5.83. The number of rotatable bonds is 3. The number of methoxy groups -OCH3 is 1. The van der Waals surface area contributed by atoms with Gasteiger partial charge in [0.2, 0.25) is 0 Å². The van der Waals surface area contributed by atoms with Crippen LogP contribution in [0.4, 0.5) is 11.4 Å². The summed E-state index contributed by atoms with van der Waals surface area (Å²) < 4.78 is 4.73. The molecule has 0 saturated carbocycles. The normalized spacial score (nSPS) is 18.4. The quantitative estimate of drug-likeness (QED) is 0.484. The highest BCUT2D eigenvalue weighted by Crippen LogP contribution is 2.35. The lowest BCUT2D eigenvalue weighted by Crippen LogP contribution is -2.37. The third kappa shape index (κ3) is 2.63. The Balaban J connectivity index is 2.40. The van der Waals surface area contributed by atoms with E-state index in [0.29, 0.717) is 23.7 Å². The Hall–Kier alpha value is -1.82. The summed E-state index contributed by atoms with van der Waals surface area (Å²) in [7, 11) is 1.31. The molecule has 0 aromatic heterocycles. The number of nitrogens with zero attached hydrogens (tertiary/aromatic N) is 2. The molecule has 1 unspecified atom stereocenters. The Morgan fingerprint density at radius 2 is 2.32 bits per heavy atom. The Labute approximate surface area is 115 Å². The molecule has 0 aliphatic carbocycles. The summed E-state index contributed by atoms with van der Waals surface area (Å²) in [5.41, 5.74) is 0.311. The van der Waals surface area contributed by atoms with Gasteiger partial charge < -0.3 is 9.64 Å².